The molecule has 2 atom stereocenters. The van der Waals surface area contributed by atoms with Crippen molar-refractivity contribution in [2.45, 2.75) is 58.8 Å². The predicted octanol–water partition coefficient (Wildman–Crippen LogP) is 2.33. The third-order valence-corrected chi connectivity index (χ3v) is 3.73. The highest BCUT2D eigenvalue weighted by atomic mass is 16.5. The minimum Gasteiger partial charge on any atom is -0.379 e. The Morgan fingerprint density at radius 1 is 1.09 bits per heavy atom. The van der Waals surface area contributed by atoms with Gasteiger partial charge in [-0.25, -0.2) is 0 Å². The zero-order valence-electron chi connectivity index (χ0n) is 14.9. The molecule has 0 aromatic rings. The van der Waals surface area contributed by atoms with E-state index < -0.39 is 0 Å². The Morgan fingerprint density at radius 2 is 1.86 bits per heavy atom. The van der Waals surface area contributed by atoms with Gasteiger partial charge in [-0.3, -0.25) is 4.90 Å². The molecule has 0 radical (unpaired) electrons. The van der Waals surface area contributed by atoms with Crippen LogP contribution >= 0.6 is 0 Å². The topological polar surface area (TPSA) is 40.2 Å². The summed E-state index contributed by atoms with van der Waals surface area (Å²) in [5.41, 5.74) is 0. The molecule has 0 aromatic heterocycles. The fourth-order valence-electron chi connectivity index (χ4n) is 2.42. The Labute approximate surface area is 136 Å². The van der Waals surface area contributed by atoms with E-state index in [1.54, 1.807) is 0 Å². The smallest absolute Gasteiger partial charge is 0.0780 e. The van der Waals surface area contributed by atoms with Crippen LogP contribution < -0.4 is 0 Å². The van der Waals surface area contributed by atoms with E-state index in [1.165, 1.54) is 0 Å². The van der Waals surface area contributed by atoms with Gasteiger partial charge in [0.2, 0.25) is 0 Å². The third kappa shape index (κ3) is 9.74. The molecule has 0 aliphatic carbocycles. The first kappa shape index (κ1) is 19.8. The summed E-state index contributed by atoms with van der Waals surface area (Å²) in [5, 5.41) is 0. The minimum atomic E-state index is 0.160. The van der Waals surface area contributed by atoms with Crippen molar-refractivity contribution in [3.05, 3.63) is 0 Å². The Balaban J connectivity index is 1.89. The number of ether oxygens (including phenoxy) is 4. The van der Waals surface area contributed by atoms with Gasteiger partial charge in [-0.1, -0.05) is 0 Å². The summed E-state index contributed by atoms with van der Waals surface area (Å²) in [6, 6.07) is 0.530. The summed E-state index contributed by atoms with van der Waals surface area (Å²) in [6.45, 7) is 15.2. The van der Waals surface area contributed by atoms with Crippen molar-refractivity contribution in [2.24, 2.45) is 0 Å². The van der Waals surface area contributed by atoms with Gasteiger partial charge in [0.1, 0.15) is 0 Å². The highest BCUT2D eigenvalue weighted by Gasteiger charge is 2.17. The predicted molar refractivity (Wildman–Crippen MR) is 88.4 cm³/mol. The number of nitrogens with zero attached hydrogens (tertiary/aromatic N) is 1. The SMILES string of the molecule is CC(C)OCCCOCC(C)OCCCN1CCOCC1C. The number of hydrogen-bond acceptors (Lipinski definition) is 5. The molecule has 1 aliphatic rings. The molecule has 132 valence electrons. The molecular formula is C17H35NO4. The average molecular weight is 317 g/mol. The van der Waals surface area contributed by atoms with Crippen molar-refractivity contribution in [3.63, 3.8) is 0 Å². The van der Waals surface area contributed by atoms with Crippen LogP contribution in [0.5, 0.6) is 0 Å². The monoisotopic (exact) mass is 317 g/mol. The second-order valence-electron chi connectivity index (χ2n) is 6.34. The summed E-state index contributed by atoms with van der Waals surface area (Å²) >= 11 is 0. The van der Waals surface area contributed by atoms with E-state index in [2.05, 4.69) is 32.6 Å². The zero-order valence-corrected chi connectivity index (χ0v) is 14.9. The summed E-state index contributed by atoms with van der Waals surface area (Å²) in [7, 11) is 0. The summed E-state index contributed by atoms with van der Waals surface area (Å²) in [4.78, 5) is 2.47. The Morgan fingerprint density at radius 3 is 2.59 bits per heavy atom. The molecule has 0 aromatic carbocycles. The molecule has 5 heteroatoms. The lowest BCUT2D eigenvalue weighted by atomic mass is 10.2. The molecule has 0 bridgehead atoms. The molecule has 2 unspecified atom stereocenters. The molecule has 1 fully saturated rings. The van der Waals surface area contributed by atoms with E-state index in [0.717, 1.165) is 59.0 Å². The fourth-order valence-corrected chi connectivity index (χ4v) is 2.42. The first-order valence-electron chi connectivity index (χ1n) is 8.72. The Bertz CT molecular complexity index is 263. The molecule has 0 spiro atoms. The highest BCUT2D eigenvalue weighted by molar-refractivity contribution is 4.70. The molecule has 0 amide bonds. The first-order chi connectivity index (χ1) is 10.6. The summed E-state index contributed by atoms with van der Waals surface area (Å²) in [5.74, 6) is 0. The van der Waals surface area contributed by atoms with Gasteiger partial charge in [-0.15, -0.1) is 0 Å². The van der Waals surface area contributed by atoms with Gasteiger partial charge in [-0.2, -0.15) is 0 Å². The maximum Gasteiger partial charge on any atom is 0.0780 e. The molecule has 5 nitrogen and oxygen atoms in total. The van der Waals surface area contributed by atoms with Crippen LogP contribution in [0, 0.1) is 0 Å². The largest absolute Gasteiger partial charge is 0.379 e. The van der Waals surface area contributed by atoms with Crippen LogP contribution in [-0.2, 0) is 18.9 Å². The molecule has 0 saturated carbocycles. The minimum absolute atomic E-state index is 0.160. The maximum absolute atomic E-state index is 5.80. The molecule has 1 rings (SSSR count). The van der Waals surface area contributed by atoms with Crippen LogP contribution in [0.2, 0.25) is 0 Å². The zero-order chi connectivity index (χ0) is 16.2. The number of morpholine rings is 1. The molecule has 0 N–H and O–H groups in total. The van der Waals surface area contributed by atoms with Crippen LogP contribution in [-0.4, -0.2) is 75.9 Å². The van der Waals surface area contributed by atoms with Crippen LogP contribution in [0.25, 0.3) is 0 Å². The standard InChI is InChI=1S/C17H35NO4/c1-15(2)21-11-6-9-19-14-17(4)22-10-5-7-18-8-12-20-13-16(18)3/h15-17H,5-14H2,1-4H3. The summed E-state index contributed by atoms with van der Waals surface area (Å²) in [6.07, 6.45) is 2.47. The Kier molecular flexibility index (Phi) is 11.1. The second kappa shape index (κ2) is 12.3. The molecule has 1 saturated heterocycles. The van der Waals surface area contributed by atoms with Crippen LogP contribution in [0.3, 0.4) is 0 Å². The van der Waals surface area contributed by atoms with Crippen molar-refractivity contribution < 1.29 is 18.9 Å². The molecule has 1 aliphatic heterocycles. The third-order valence-electron chi connectivity index (χ3n) is 3.73. The molecular weight excluding hydrogens is 282 g/mol. The van der Waals surface area contributed by atoms with Crippen molar-refractivity contribution in [1.29, 1.82) is 0 Å². The van der Waals surface area contributed by atoms with E-state index in [-0.39, 0.29) is 6.10 Å². The van der Waals surface area contributed by atoms with Crippen molar-refractivity contribution in [1.82, 2.24) is 4.90 Å². The maximum atomic E-state index is 5.80. The summed E-state index contributed by atoms with van der Waals surface area (Å²) < 4.78 is 22.3. The first-order valence-corrected chi connectivity index (χ1v) is 8.72. The van der Waals surface area contributed by atoms with Crippen LogP contribution in [0.4, 0.5) is 0 Å². The van der Waals surface area contributed by atoms with Gasteiger partial charge in [0.05, 0.1) is 32.0 Å². The number of hydrogen-bond donors (Lipinski definition) is 0. The lowest BCUT2D eigenvalue weighted by Gasteiger charge is -2.33. The average Bonchev–Trinajstić information content (AvgIpc) is 2.48. The van der Waals surface area contributed by atoms with Gasteiger partial charge >= 0.3 is 0 Å². The van der Waals surface area contributed by atoms with Gasteiger partial charge in [0.15, 0.2) is 0 Å². The van der Waals surface area contributed by atoms with Crippen LogP contribution in [0.1, 0.15) is 40.5 Å². The van der Waals surface area contributed by atoms with E-state index in [4.69, 9.17) is 18.9 Å². The van der Waals surface area contributed by atoms with Crippen LogP contribution in [0.15, 0.2) is 0 Å². The number of rotatable bonds is 12. The van der Waals surface area contributed by atoms with E-state index in [9.17, 15) is 0 Å². The van der Waals surface area contributed by atoms with Gasteiger partial charge < -0.3 is 18.9 Å². The van der Waals surface area contributed by atoms with Crippen molar-refractivity contribution in [3.8, 4) is 0 Å². The quantitative estimate of drug-likeness (QED) is 0.517. The lowest BCUT2D eigenvalue weighted by Crippen LogP contribution is -2.44. The fraction of sp³-hybridized carbons (Fsp3) is 1.00. The van der Waals surface area contributed by atoms with E-state index in [0.29, 0.717) is 18.8 Å². The molecule has 22 heavy (non-hydrogen) atoms. The van der Waals surface area contributed by atoms with E-state index in [1.807, 2.05) is 0 Å². The van der Waals surface area contributed by atoms with Gasteiger partial charge in [0.25, 0.3) is 0 Å². The van der Waals surface area contributed by atoms with Crippen molar-refractivity contribution >= 4 is 0 Å². The lowest BCUT2D eigenvalue weighted by molar-refractivity contribution is -0.0261. The Hall–Kier alpha value is -0.200. The molecule has 1 heterocycles. The highest BCUT2D eigenvalue weighted by Crippen LogP contribution is 2.07. The van der Waals surface area contributed by atoms with Gasteiger partial charge in [-0.05, 0) is 40.5 Å². The van der Waals surface area contributed by atoms with Gasteiger partial charge in [0, 0.05) is 39.0 Å². The second-order valence-corrected chi connectivity index (χ2v) is 6.34. The van der Waals surface area contributed by atoms with Crippen molar-refractivity contribution in [2.75, 3.05) is 52.7 Å². The normalized spacial score (nSPS) is 21.4. The van der Waals surface area contributed by atoms with E-state index >= 15 is 0 Å².